The fourth-order valence-electron chi connectivity index (χ4n) is 1.76. The average Bonchev–Trinajstić information content (AvgIpc) is 2.75. The van der Waals surface area contributed by atoms with Crippen molar-refractivity contribution in [2.24, 2.45) is 5.92 Å². The second kappa shape index (κ2) is 6.15. The normalized spacial score (nSPS) is 12.8. The molecule has 0 aliphatic carbocycles. The van der Waals surface area contributed by atoms with Crippen LogP contribution in [0, 0.1) is 5.92 Å². The maximum atomic E-state index is 8.78. The first kappa shape index (κ1) is 13.3. The summed E-state index contributed by atoms with van der Waals surface area (Å²) in [6.07, 6.45) is 5.48. The Hall–Kier alpha value is -1.14. The van der Waals surface area contributed by atoms with Gasteiger partial charge in [0.05, 0.1) is 10.7 Å². The number of hydrogen-bond acceptors (Lipinski definition) is 4. The van der Waals surface area contributed by atoms with Crippen LogP contribution in [-0.2, 0) is 0 Å². The van der Waals surface area contributed by atoms with Gasteiger partial charge < -0.3 is 10.4 Å². The number of halogens is 1. The number of anilines is 1. The van der Waals surface area contributed by atoms with Gasteiger partial charge in [0.2, 0.25) is 0 Å². The van der Waals surface area contributed by atoms with Crippen LogP contribution in [0.1, 0.15) is 19.8 Å². The van der Waals surface area contributed by atoms with E-state index < -0.39 is 0 Å². The molecule has 0 saturated heterocycles. The van der Waals surface area contributed by atoms with Gasteiger partial charge in [0.15, 0.2) is 5.65 Å². The number of rotatable bonds is 6. The highest BCUT2D eigenvalue weighted by atomic mass is 79.9. The average molecular weight is 313 g/mol. The smallest absolute Gasteiger partial charge is 0.171 e. The van der Waals surface area contributed by atoms with Gasteiger partial charge in [-0.1, -0.05) is 6.92 Å². The number of aliphatic hydroxyl groups excluding tert-OH is 1. The van der Waals surface area contributed by atoms with Crippen LogP contribution >= 0.6 is 15.9 Å². The lowest BCUT2D eigenvalue weighted by Gasteiger charge is -2.12. The predicted molar refractivity (Wildman–Crippen MR) is 74.7 cm³/mol. The van der Waals surface area contributed by atoms with E-state index in [2.05, 4.69) is 38.3 Å². The Kier molecular flexibility index (Phi) is 4.54. The van der Waals surface area contributed by atoms with E-state index in [0.29, 0.717) is 5.92 Å². The molecule has 1 atom stereocenters. The minimum atomic E-state index is 0.261. The molecule has 0 aromatic carbocycles. The van der Waals surface area contributed by atoms with Crippen LogP contribution in [0.15, 0.2) is 22.9 Å². The summed E-state index contributed by atoms with van der Waals surface area (Å²) in [6, 6.07) is 1.91. The molecular weight excluding hydrogens is 296 g/mol. The van der Waals surface area contributed by atoms with Gasteiger partial charge in [-0.25, -0.2) is 9.50 Å². The van der Waals surface area contributed by atoms with E-state index >= 15 is 0 Å². The van der Waals surface area contributed by atoms with Gasteiger partial charge in [-0.15, -0.1) is 0 Å². The number of nitrogens with one attached hydrogen (secondary N) is 1. The van der Waals surface area contributed by atoms with E-state index in [9.17, 15) is 0 Å². The first-order chi connectivity index (χ1) is 8.70. The summed E-state index contributed by atoms with van der Waals surface area (Å²) in [4.78, 5) is 4.48. The highest BCUT2D eigenvalue weighted by Gasteiger charge is 2.05. The van der Waals surface area contributed by atoms with Crippen molar-refractivity contribution in [2.45, 2.75) is 19.8 Å². The van der Waals surface area contributed by atoms with Gasteiger partial charge in [0, 0.05) is 19.3 Å². The van der Waals surface area contributed by atoms with Gasteiger partial charge in [0.25, 0.3) is 0 Å². The lowest BCUT2D eigenvalue weighted by atomic mass is 10.1. The van der Waals surface area contributed by atoms with Crippen LogP contribution in [0.2, 0.25) is 0 Å². The van der Waals surface area contributed by atoms with E-state index in [0.717, 1.165) is 35.3 Å². The lowest BCUT2D eigenvalue weighted by molar-refractivity contribution is 0.275. The molecule has 0 radical (unpaired) electrons. The Morgan fingerprint density at radius 2 is 2.39 bits per heavy atom. The highest BCUT2D eigenvalue weighted by molar-refractivity contribution is 9.10. The fraction of sp³-hybridized carbons (Fsp3) is 0.500. The summed E-state index contributed by atoms with van der Waals surface area (Å²) in [6.45, 7) is 3.28. The molecule has 2 aromatic heterocycles. The van der Waals surface area contributed by atoms with Crippen LogP contribution < -0.4 is 5.32 Å². The van der Waals surface area contributed by atoms with E-state index in [4.69, 9.17) is 5.11 Å². The second-order valence-corrected chi connectivity index (χ2v) is 5.28. The Morgan fingerprint density at radius 3 is 3.17 bits per heavy atom. The molecule has 1 unspecified atom stereocenters. The van der Waals surface area contributed by atoms with Crippen LogP contribution in [-0.4, -0.2) is 32.9 Å². The van der Waals surface area contributed by atoms with Crippen molar-refractivity contribution in [3.8, 4) is 0 Å². The summed E-state index contributed by atoms with van der Waals surface area (Å²) in [5, 5.41) is 16.2. The number of aromatic nitrogens is 3. The third-order valence-corrected chi connectivity index (χ3v) is 3.37. The van der Waals surface area contributed by atoms with Crippen LogP contribution in [0.4, 0.5) is 5.82 Å². The van der Waals surface area contributed by atoms with Crippen molar-refractivity contribution >= 4 is 27.4 Å². The maximum Gasteiger partial charge on any atom is 0.171 e. The first-order valence-corrected chi connectivity index (χ1v) is 6.84. The summed E-state index contributed by atoms with van der Waals surface area (Å²) < 4.78 is 2.62. The predicted octanol–water partition coefficient (Wildman–Crippen LogP) is 2.31. The Labute approximate surface area is 114 Å². The number of nitrogens with zero attached hydrogens (tertiary/aromatic N) is 3. The third kappa shape index (κ3) is 3.20. The second-order valence-electron chi connectivity index (χ2n) is 4.43. The summed E-state index contributed by atoms with van der Waals surface area (Å²) in [5.74, 6) is 1.36. The number of hydrogen-bond donors (Lipinski definition) is 2. The molecule has 2 N–H and O–H groups in total. The topological polar surface area (TPSA) is 62.5 Å². The zero-order chi connectivity index (χ0) is 13.0. The van der Waals surface area contributed by atoms with E-state index in [-0.39, 0.29) is 6.61 Å². The Morgan fingerprint density at radius 1 is 1.56 bits per heavy atom. The van der Waals surface area contributed by atoms with Gasteiger partial charge in [0.1, 0.15) is 5.82 Å². The number of aliphatic hydroxyl groups is 1. The van der Waals surface area contributed by atoms with Gasteiger partial charge in [-0.3, -0.25) is 0 Å². The van der Waals surface area contributed by atoms with Gasteiger partial charge >= 0.3 is 0 Å². The Balaban J connectivity index is 1.97. The molecule has 0 fully saturated rings. The molecule has 6 heteroatoms. The molecule has 98 valence electrons. The van der Waals surface area contributed by atoms with Gasteiger partial charge in [-0.05, 0) is 40.8 Å². The van der Waals surface area contributed by atoms with Crippen molar-refractivity contribution in [2.75, 3.05) is 18.5 Å². The largest absolute Gasteiger partial charge is 0.396 e. The molecule has 2 heterocycles. The van der Waals surface area contributed by atoms with E-state index in [1.165, 1.54) is 0 Å². The molecule has 0 amide bonds. The van der Waals surface area contributed by atoms with Crippen molar-refractivity contribution in [3.63, 3.8) is 0 Å². The molecule has 5 nitrogen and oxygen atoms in total. The van der Waals surface area contributed by atoms with E-state index in [1.807, 2.05) is 12.3 Å². The fourth-order valence-corrected chi connectivity index (χ4v) is 2.12. The number of fused-ring (bicyclic) bond motifs is 1. The highest BCUT2D eigenvalue weighted by Crippen LogP contribution is 2.17. The maximum absolute atomic E-state index is 8.78. The van der Waals surface area contributed by atoms with E-state index in [1.54, 1.807) is 10.7 Å². The summed E-state index contributed by atoms with van der Waals surface area (Å²) in [7, 11) is 0. The van der Waals surface area contributed by atoms with Crippen LogP contribution in [0.3, 0.4) is 0 Å². The third-order valence-electron chi connectivity index (χ3n) is 2.81. The molecule has 0 aliphatic rings. The summed E-state index contributed by atoms with van der Waals surface area (Å²) >= 11 is 3.41. The molecule has 0 spiro atoms. The molecule has 2 aromatic rings. The molecule has 0 saturated carbocycles. The molecule has 0 aliphatic heterocycles. The lowest BCUT2D eigenvalue weighted by Crippen LogP contribution is -2.13. The zero-order valence-electron chi connectivity index (χ0n) is 10.3. The first-order valence-electron chi connectivity index (χ1n) is 6.05. The SMILES string of the molecule is CC(CCCO)CNc1ccn2ncc(Br)c2n1. The van der Waals surface area contributed by atoms with Gasteiger partial charge in [-0.2, -0.15) is 5.10 Å². The monoisotopic (exact) mass is 312 g/mol. The molecular formula is C12H17BrN4O. The zero-order valence-corrected chi connectivity index (χ0v) is 11.9. The molecule has 2 rings (SSSR count). The van der Waals surface area contributed by atoms with Crippen LogP contribution in [0.25, 0.3) is 5.65 Å². The van der Waals surface area contributed by atoms with Crippen molar-refractivity contribution in [3.05, 3.63) is 22.9 Å². The van der Waals surface area contributed by atoms with Crippen molar-refractivity contribution < 1.29 is 5.11 Å². The Bertz CT molecular complexity index is 514. The quantitative estimate of drug-likeness (QED) is 0.859. The molecule has 18 heavy (non-hydrogen) atoms. The summed E-state index contributed by atoms with van der Waals surface area (Å²) in [5.41, 5.74) is 0.808. The van der Waals surface area contributed by atoms with Crippen molar-refractivity contribution in [1.82, 2.24) is 14.6 Å². The standard InChI is InChI=1S/C12H17BrN4O/c1-9(3-2-6-18)7-14-11-4-5-17-12(16-11)10(13)8-15-17/h4-5,8-9,18H,2-3,6-7H2,1H3,(H,14,16). The minimum Gasteiger partial charge on any atom is -0.396 e. The van der Waals surface area contributed by atoms with Crippen molar-refractivity contribution in [1.29, 1.82) is 0 Å². The minimum absolute atomic E-state index is 0.261. The van der Waals surface area contributed by atoms with Crippen LogP contribution in [0.5, 0.6) is 0 Å². The molecule has 0 bridgehead atoms.